The first-order valence-corrected chi connectivity index (χ1v) is 5.85. The van der Waals surface area contributed by atoms with E-state index in [0.717, 1.165) is 0 Å². The summed E-state index contributed by atoms with van der Waals surface area (Å²) in [7, 11) is 0. The number of amides is 1. The van der Waals surface area contributed by atoms with Gasteiger partial charge in [0.25, 0.3) is 5.91 Å². The summed E-state index contributed by atoms with van der Waals surface area (Å²) in [5, 5.41) is 12.3. The van der Waals surface area contributed by atoms with Gasteiger partial charge in [-0.3, -0.25) is 4.79 Å². The molecular formula is C12H16BrNO2. The van der Waals surface area contributed by atoms with Crippen molar-refractivity contribution in [2.75, 3.05) is 6.54 Å². The topological polar surface area (TPSA) is 49.3 Å². The molecule has 3 nitrogen and oxygen atoms in total. The highest BCUT2D eigenvalue weighted by Crippen LogP contribution is 2.24. The van der Waals surface area contributed by atoms with Crippen LogP contribution in [0.15, 0.2) is 22.7 Å². The van der Waals surface area contributed by atoms with Crippen LogP contribution in [0.25, 0.3) is 0 Å². The van der Waals surface area contributed by atoms with E-state index < -0.39 is 0 Å². The average Bonchev–Trinajstić information content (AvgIpc) is 2.17. The molecule has 0 saturated carbocycles. The second-order valence-electron chi connectivity index (χ2n) is 4.91. The van der Waals surface area contributed by atoms with Gasteiger partial charge in [0.1, 0.15) is 5.75 Å². The van der Waals surface area contributed by atoms with Crippen LogP contribution >= 0.6 is 15.9 Å². The molecule has 0 saturated heterocycles. The zero-order chi connectivity index (χ0) is 12.3. The summed E-state index contributed by atoms with van der Waals surface area (Å²) in [6.07, 6.45) is 0. The lowest BCUT2D eigenvalue weighted by atomic mass is 9.97. The molecule has 0 aliphatic heterocycles. The third kappa shape index (κ3) is 3.85. The molecule has 1 rings (SSSR count). The Morgan fingerprint density at radius 2 is 2.06 bits per heavy atom. The first-order chi connectivity index (χ1) is 7.29. The molecule has 0 aromatic heterocycles. The van der Waals surface area contributed by atoms with Gasteiger partial charge in [0.2, 0.25) is 0 Å². The molecule has 0 atom stereocenters. The number of nitrogens with one attached hydrogen (secondary N) is 1. The van der Waals surface area contributed by atoms with Crippen LogP contribution in [0.4, 0.5) is 0 Å². The number of aromatic hydroxyl groups is 1. The number of hydrogen-bond donors (Lipinski definition) is 2. The summed E-state index contributed by atoms with van der Waals surface area (Å²) < 4.78 is 0.583. The van der Waals surface area contributed by atoms with Crippen LogP contribution in [-0.2, 0) is 0 Å². The standard InChI is InChI=1S/C12H16BrNO2/c1-12(2,3)7-14-11(16)8-4-5-9(13)10(15)6-8/h4-6,15H,7H2,1-3H3,(H,14,16). The molecule has 1 aromatic rings. The lowest BCUT2D eigenvalue weighted by Crippen LogP contribution is -2.32. The summed E-state index contributed by atoms with van der Waals surface area (Å²) in [5.41, 5.74) is 0.512. The SMILES string of the molecule is CC(C)(C)CNC(=O)c1ccc(Br)c(O)c1. The van der Waals surface area contributed by atoms with Gasteiger partial charge in [-0.2, -0.15) is 0 Å². The van der Waals surface area contributed by atoms with Crippen LogP contribution in [0, 0.1) is 5.41 Å². The molecule has 0 bridgehead atoms. The Labute approximate surface area is 104 Å². The van der Waals surface area contributed by atoms with E-state index in [1.807, 2.05) is 20.8 Å². The maximum absolute atomic E-state index is 11.7. The van der Waals surface area contributed by atoms with E-state index in [1.54, 1.807) is 12.1 Å². The largest absolute Gasteiger partial charge is 0.507 e. The van der Waals surface area contributed by atoms with Gasteiger partial charge in [0, 0.05) is 12.1 Å². The van der Waals surface area contributed by atoms with E-state index in [9.17, 15) is 9.90 Å². The molecule has 1 aromatic carbocycles. The van der Waals surface area contributed by atoms with Crippen LogP contribution in [0.5, 0.6) is 5.75 Å². The van der Waals surface area contributed by atoms with Crippen molar-refractivity contribution in [1.82, 2.24) is 5.32 Å². The van der Waals surface area contributed by atoms with Gasteiger partial charge in [-0.25, -0.2) is 0 Å². The molecule has 0 radical (unpaired) electrons. The van der Waals surface area contributed by atoms with E-state index in [0.29, 0.717) is 16.6 Å². The van der Waals surface area contributed by atoms with E-state index in [4.69, 9.17) is 0 Å². The Hall–Kier alpha value is -1.03. The van der Waals surface area contributed by atoms with Crippen LogP contribution in [0.3, 0.4) is 0 Å². The predicted molar refractivity (Wildman–Crippen MR) is 67.6 cm³/mol. The minimum Gasteiger partial charge on any atom is -0.507 e. The van der Waals surface area contributed by atoms with Gasteiger partial charge in [-0.15, -0.1) is 0 Å². The smallest absolute Gasteiger partial charge is 0.251 e. The van der Waals surface area contributed by atoms with E-state index in [1.165, 1.54) is 6.07 Å². The molecule has 16 heavy (non-hydrogen) atoms. The number of rotatable bonds is 2. The number of phenols is 1. The first kappa shape index (κ1) is 13.0. The fourth-order valence-corrected chi connectivity index (χ4v) is 1.35. The Kier molecular flexibility index (Phi) is 3.97. The van der Waals surface area contributed by atoms with E-state index >= 15 is 0 Å². The molecule has 0 unspecified atom stereocenters. The number of hydrogen-bond acceptors (Lipinski definition) is 2. The van der Waals surface area contributed by atoms with Crippen molar-refractivity contribution in [2.45, 2.75) is 20.8 Å². The zero-order valence-corrected chi connectivity index (χ0v) is 11.3. The summed E-state index contributed by atoms with van der Waals surface area (Å²) in [6.45, 7) is 6.74. The minimum absolute atomic E-state index is 0.0487. The fourth-order valence-electron chi connectivity index (χ4n) is 1.10. The Bertz CT molecular complexity index is 396. The lowest BCUT2D eigenvalue weighted by Gasteiger charge is -2.18. The van der Waals surface area contributed by atoms with Gasteiger partial charge in [-0.1, -0.05) is 20.8 Å². The van der Waals surface area contributed by atoms with Crippen molar-refractivity contribution in [1.29, 1.82) is 0 Å². The van der Waals surface area contributed by atoms with Crippen LogP contribution in [0.2, 0.25) is 0 Å². The maximum atomic E-state index is 11.7. The van der Waals surface area contributed by atoms with Gasteiger partial charge in [-0.05, 0) is 39.5 Å². The van der Waals surface area contributed by atoms with Crippen molar-refractivity contribution < 1.29 is 9.90 Å². The van der Waals surface area contributed by atoms with Crippen molar-refractivity contribution in [2.24, 2.45) is 5.41 Å². The summed E-state index contributed by atoms with van der Waals surface area (Å²) in [4.78, 5) is 11.7. The van der Waals surface area contributed by atoms with Crippen molar-refractivity contribution in [3.05, 3.63) is 28.2 Å². The number of phenolic OH excluding ortho intramolecular Hbond substituents is 1. The molecule has 2 N–H and O–H groups in total. The Morgan fingerprint density at radius 1 is 1.44 bits per heavy atom. The molecular weight excluding hydrogens is 270 g/mol. The third-order valence-electron chi connectivity index (χ3n) is 1.99. The third-order valence-corrected chi connectivity index (χ3v) is 2.66. The molecule has 0 aliphatic carbocycles. The summed E-state index contributed by atoms with van der Waals surface area (Å²) in [5.74, 6) is -0.0962. The molecule has 0 heterocycles. The molecule has 0 fully saturated rings. The first-order valence-electron chi connectivity index (χ1n) is 5.06. The average molecular weight is 286 g/mol. The minimum atomic E-state index is -0.169. The second-order valence-corrected chi connectivity index (χ2v) is 5.76. The quantitative estimate of drug-likeness (QED) is 0.878. The fraction of sp³-hybridized carbons (Fsp3) is 0.417. The predicted octanol–water partition coefficient (Wildman–Crippen LogP) is 2.93. The van der Waals surface area contributed by atoms with Crippen LogP contribution in [-0.4, -0.2) is 17.6 Å². The highest BCUT2D eigenvalue weighted by Gasteiger charge is 2.13. The number of benzene rings is 1. The lowest BCUT2D eigenvalue weighted by molar-refractivity contribution is 0.0939. The summed E-state index contributed by atoms with van der Waals surface area (Å²) >= 11 is 3.17. The number of carbonyl (C=O) groups excluding carboxylic acids is 1. The maximum Gasteiger partial charge on any atom is 0.251 e. The van der Waals surface area contributed by atoms with Gasteiger partial charge in [0.05, 0.1) is 4.47 Å². The van der Waals surface area contributed by atoms with Gasteiger partial charge in [0.15, 0.2) is 0 Å². The van der Waals surface area contributed by atoms with Gasteiger partial charge < -0.3 is 10.4 Å². The second kappa shape index (κ2) is 4.87. The van der Waals surface area contributed by atoms with Gasteiger partial charge >= 0.3 is 0 Å². The number of halogens is 1. The Morgan fingerprint density at radius 3 is 2.56 bits per heavy atom. The van der Waals surface area contributed by atoms with Crippen molar-refractivity contribution in [3.8, 4) is 5.75 Å². The summed E-state index contributed by atoms with van der Waals surface area (Å²) in [6, 6.07) is 4.77. The normalized spacial score (nSPS) is 11.2. The van der Waals surface area contributed by atoms with E-state index in [-0.39, 0.29) is 17.1 Å². The molecule has 4 heteroatoms. The molecule has 88 valence electrons. The van der Waals surface area contributed by atoms with Crippen LogP contribution in [0.1, 0.15) is 31.1 Å². The van der Waals surface area contributed by atoms with E-state index in [2.05, 4.69) is 21.2 Å². The molecule has 1 amide bonds. The zero-order valence-electron chi connectivity index (χ0n) is 9.67. The molecule has 0 spiro atoms. The Balaban J connectivity index is 2.70. The van der Waals surface area contributed by atoms with Crippen molar-refractivity contribution in [3.63, 3.8) is 0 Å². The number of carbonyl (C=O) groups is 1. The van der Waals surface area contributed by atoms with Crippen LogP contribution < -0.4 is 5.32 Å². The molecule has 0 aliphatic rings. The highest BCUT2D eigenvalue weighted by atomic mass is 79.9. The van der Waals surface area contributed by atoms with Crippen molar-refractivity contribution >= 4 is 21.8 Å². The monoisotopic (exact) mass is 285 g/mol. The highest BCUT2D eigenvalue weighted by molar-refractivity contribution is 9.10.